The van der Waals surface area contributed by atoms with Crippen molar-refractivity contribution in [2.24, 2.45) is 0 Å². The summed E-state index contributed by atoms with van der Waals surface area (Å²) in [6, 6.07) is 12.0. The normalized spacial score (nSPS) is 10.1. The molecule has 0 aliphatic carbocycles. The second-order valence-corrected chi connectivity index (χ2v) is 4.26. The van der Waals surface area contributed by atoms with E-state index in [0.717, 1.165) is 0 Å². The van der Waals surface area contributed by atoms with Crippen LogP contribution in [0.4, 0.5) is 5.69 Å². The molecule has 20 heavy (non-hydrogen) atoms. The van der Waals surface area contributed by atoms with Crippen molar-refractivity contribution in [3.05, 3.63) is 59.9 Å². The Morgan fingerprint density at radius 3 is 2.45 bits per heavy atom. The van der Waals surface area contributed by atoms with Crippen LogP contribution in [0.5, 0.6) is 0 Å². The average Bonchev–Trinajstić information content (AvgIpc) is 2.45. The summed E-state index contributed by atoms with van der Waals surface area (Å²) in [4.78, 5) is 28.8. The van der Waals surface area contributed by atoms with Crippen LogP contribution in [-0.2, 0) is 4.79 Å². The van der Waals surface area contributed by atoms with Crippen molar-refractivity contribution in [2.75, 3.05) is 11.4 Å². The molecule has 1 amide bonds. The lowest BCUT2D eigenvalue weighted by atomic mass is 10.1. The van der Waals surface area contributed by atoms with Gasteiger partial charge >= 0.3 is 5.97 Å². The number of carboxylic acid groups (broad SMARTS) is 1. The fraction of sp³-hybridized carbons (Fsp3) is 0.133. The minimum absolute atomic E-state index is 0.371. The Kier molecular flexibility index (Phi) is 4.10. The molecule has 5 nitrogen and oxygen atoms in total. The standard InChI is InChI=1S/C15H14N2O3/c1-11-13(8-5-9-16-11)15(20)17(10-14(18)19)12-6-3-2-4-7-12/h2-9H,10H2,1H3,(H,18,19). The summed E-state index contributed by atoms with van der Waals surface area (Å²) in [6.07, 6.45) is 1.59. The number of rotatable bonds is 4. The van der Waals surface area contributed by atoms with Crippen molar-refractivity contribution in [3.63, 3.8) is 0 Å². The van der Waals surface area contributed by atoms with Crippen LogP contribution in [0.15, 0.2) is 48.7 Å². The van der Waals surface area contributed by atoms with Crippen molar-refractivity contribution in [2.45, 2.75) is 6.92 Å². The maximum atomic E-state index is 12.5. The van der Waals surface area contributed by atoms with Crippen LogP contribution in [0.25, 0.3) is 0 Å². The number of anilines is 1. The largest absolute Gasteiger partial charge is 0.480 e. The molecule has 0 bridgehead atoms. The molecule has 0 saturated heterocycles. The summed E-state index contributed by atoms with van der Waals surface area (Å²) < 4.78 is 0. The van der Waals surface area contributed by atoms with E-state index in [1.165, 1.54) is 4.90 Å². The minimum atomic E-state index is -1.07. The van der Waals surface area contributed by atoms with E-state index in [-0.39, 0.29) is 5.91 Å². The molecule has 0 radical (unpaired) electrons. The molecular weight excluding hydrogens is 256 g/mol. The lowest BCUT2D eigenvalue weighted by molar-refractivity contribution is -0.135. The number of aliphatic carboxylic acids is 1. The number of amides is 1. The molecule has 0 unspecified atom stereocenters. The Bertz CT molecular complexity index is 626. The quantitative estimate of drug-likeness (QED) is 0.923. The molecular formula is C15H14N2O3. The minimum Gasteiger partial charge on any atom is -0.480 e. The van der Waals surface area contributed by atoms with Gasteiger partial charge in [0.25, 0.3) is 5.91 Å². The highest BCUT2D eigenvalue weighted by atomic mass is 16.4. The molecule has 0 aliphatic heterocycles. The van der Waals surface area contributed by atoms with Crippen molar-refractivity contribution in [1.29, 1.82) is 0 Å². The zero-order valence-corrected chi connectivity index (χ0v) is 11.0. The van der Waals surface area contributed by atoms with E-state index >= 15 is 0 Å². The molecule has 0 atom stereocenters. The monoisotopic (exact) mass is 270 g/mol. The van der Waals surface area contributed by atoms with Crippen LogP contribution in [0, 0.1) is 6.92 Å². The van der Waals surface area contributed by atoms with Gasteiger partial charge in [0, 0.05) is 17.6 Å². The average molecular weight is 270 g/mol. The second kappa shape index (κ2) is 5.97. The van der Waals surface area contributed by atoms with Gasteiger partial charge in [-0.15, -0.1) is 0 Å². The third-order valence-electron chi connectivity index (χ3n) is 2.84. The van der Waals surface area contributed by atoms with Crippen LogP contribution in [0.3, 0.4) is 0 Å². The maximum absolute atomic E-state index is 12.5. The van der Waals surface area contributed by atoms with Crippen LogP contribution >= 0.6 is 0 Å². The fourth-order valence-electron chi connectivity index (χ4n) is 1.88. The van der Waals surface area contributed by atoms with E-state index in [1.54, 1.807) is 49.5 Å². The van der Waals surface area contributed by atoms with Crippen molar-refractivity contribution < 1.29 is 14.7 Å². The molecule has 0 saturated carbocycles. The number of aromatic nitrogens is 1. The number of carboxylic acids is 1. The van der Waals surface area contributed by atoms with Gasteiger partial charge in [-0.25, -0.2) is 0 Å². The van der Waals surface area contributed by atoms with Gasteiger partial charge < -0.3 is 5.11 Å². The first-order valence-corrected chi connectivity index (χ1v) is 6.10. The lowest BCUT2D eigenvalue weighted by Gasteiger charge is -2.21. The van der Waals surface area contributed by atoms with Crippen molar-refractivity contribution >= 4 is 17.6 Å². The summed E-state index contributed by atoms with van der Waals surface area (Å²) in [6.45, 7) is 1.33. The SMILES string of the molecule is Cc1ncccc1C(=O)N(CC(=O)O)c1ccccc1. The Morgan fingerprint density at radius 2 is 1.85 bits per heavy atom. The van der Waals surface area contributed by atoms with Gasteiger partial charge in [-0.3, -0.25) is 19.5 Å². The summed E-state index contributed by atoms with van der Waals surface area (Å²) in [5.74, 6) is -1.44. The number of carbonyl (C=O) groups is 2. The Hall–Kier alpha value is -2.69. The summed E-state index contributed by atoms with van der Waals surface area (Å²) in [5.41, 5.74) is 1.52. The third kappa shape index (κ3) is 3.00. The fourth-order valence-corrected chi connectivity index (χ4v) is 1.88. The summed E-state index contributed by atoms with van der Waals surface area (Å²) in [5, 5.41) is 9.00. The molecule has 1 aromatic heterocycles. The van der Waals surface area contributed by atoms with E-state index < -0.39 is 12.5 Å². The number of pyridine rings is 1. The predicted octanol–water partition coefficient (Wildman–Crippen LogP) is 2.12. The molecule has 102 valence electrons. The van der Waals surface area contributed by atoms with Crippen LogP contribution < -0.4 is 4.90 Å². The van der Waals surface area contributed by atoms with Crippen LogP contribution in [-0.4, -0.2) is 28.5 Å². The van der Waals surface area contributed by atoms with Gasteiger partial charge in [0.15, 0.2) is 0 Å². The summed E-state index contributed by atoms with van der Waals surface area (Å²) in [7, 11) is 0. The van der Waals surface area contributed by atoms with Gasteiger partial charge in [0.05, 0.1) is 5.56 Å². The van der Waals surface area contributed by atoms with Gasteiger partial charge in [0.1, 0.15) is 6.54 Å². The first-order chi connectivity index (χ1) is 9.59. The molecule has 2 aromatic rings. The first kappa shape index (κ1) is 13.7. The number of aryl methyl sites for hydroxylation is 1. The number of hydrogen-bond donors (Lipinski definition) is 1. The van der Waals surface area contributed by atoms with Gasteiger partial charge in [-0.2, -0.15) is 0 Å². The van der Waals surface area contributed by atoms with E-state index in [0.29, 0.717) is 16.9 Å². The molecule has 5 heteroatoms. The molecule has 0 fully saturated rings. The number of carbonyl (C=O) groups excluding carboxylic acids is 1. The molecule has 0 spiro atoms. The predicted molar refractivity (Wildman–Crippen MR) is 74.7 cm³/mol. The molecule has 2 rings (SSSR count). The number of hydrogen-bond acceptors (Lipinski definition) is 3. The highest BCUT2D eigenvalue weighted by Crippen LogP contribution is 2.17. The van der Waals surface area contributed by atoms with Crippen LogP contribution in [0.1, 0.15) is 16.1 Å². The highest BCUT2D eigenvalue weighted by molar-refractivity contribution is 6.08. The zero-order chi connectivity index (χ0) is 14.5. The topological polar surface area (TPSA) is 70.5 Å². The Labute approximate surface area is 116 Å². The van der Waals surface area contributed by atoms with Gasteiger partial charge in [0.2, 0.25) is 0 Å². The number of benzene rings is 1. The van der Waals surface area contributed by atoms with E-state index in [4.69, 9.17) is 5.11 Å². The van der Waals surface area contributed by atoms with Gasteiger partial charge in [-0.1, -0.05) is 18.2 Å². The van der Waals surface area contributed by atoms with E-state index in [9.17, 15) is 9.59 Å². The van der Waals surface area contributed by atoms with Crippen LogP contribution in [0.2, 0.25) is 0 Å². The zero-order valence-electron chi connectivity index (χ0n) is 11.0. The lowest BCUT2D eigenvalue weighted by Crippen LogP contribution is -2.36. The smallest absolute Gasteiger partial charge is 0.323 e. The van der Waals surface area contributed by atoms with Gasteiger partial charge in [-0.05, 0) is 31.2 Å². The maximum Gasteiger partial charge on any atom is 0.323 e. The summed E-state index contributed by atoms with van der Waals surface area (Å²) >= 11 is 0. The third-order valence-corrected chi connectivity index (χ3v) is 2.84. The van der Waals surface area contributed by atoms with Crippen molar-refractivity contribution in [1.82, 2.24) is 4.98 Å². The highest BCUT2D eigenvalue weighted by Gasteiger charge is 2.21. The molecule has 1 heterocycles. The molecule has 1 N–H and O–H groups in total. The second-order valence-electron chi connectivity index (χ2n) is 4.26. The number of para-hydroxylation sites is 1. The Balaban J connectivity index is 2.40. The number of nitrogens with zero attached hydrogens (tertiary/aromatic N) is 2. The molecule has 0 aliphatic rings. The Morgan fingerprint density at radius 1 is 1.15 bits per heavy atom. The van der Waals surface area contributed by atoms with E-state index in [1.807, 2.05) is 6.07 Å². The molecule has 1 aromatic carbocycles. The van der Waals surface area contributed by atoms with E-state index in [2.05, 4.69) is 4.98 Å². The van der Waals surface area contributed by atoms with Crippen molar-refractivity contribution in [3.8, 4) is 0 Å². The first-order valence-electron chi connectivity index (χ1n) is 6.10.